The van der Waals surface area contributed by atoms with E-state index in [1.165, 1.54) is 11.8 Å². The van der Waals surface area contributed by atoms with Gasteiger partial charge in [-0.1, -0.05) is 18.2 Å². The maximum atomic E-state index is 12.9. The number of hydrogen-bond donors (Lipinski definition) is 0. The smallest absolute Gasteiger partial charge is 0.402 e. The van der Waals surface area contributed by atoms with Crippen molar-refractivity contribution in [1.82, 2.24) is 0 Å². The van der Waals surface area contributed by atoms with Crippen LogP contribution in [0.5, 0.6) is 0 Å². The van der Waals surface area contributed by atoms with Gasteiger partial charge in [-0.2, -0.15) is 0 Å². The van der Waals surface area contributed by atoms with Crippen molar-refractivity contribution in [2.45, 2.75) is 61.8 Å². The largest absolute Gasteiger partial charge is 0.472 e. The highest BCUT2D eigenvalue weighted by atomic mass is 32.2. The maximum Gasteiger partial charge on any atom is 0.472 e. The van der Waals surface area contributed by atoms with Crippen LogP contribution in [0.4, 0.5) is 8.78 Å². The van der Waals surface area contributed by atoms with Crippen molar-refractivity contribution in [2.75, 3.05) is 0 Å². The molecule has 116 valence electrons. The van der Waals surface area contributed by atoms with Crippen LogP contribution in [0.15, 0.2) is 35.2 Å². The molecule has 1 atom stereocenters. The van der Waals surface area contributed by atoms with Gasteiger partial charge in [0.2, 0.25) is 6.43 Å². The zero-order valence-corrected chi connectivity index (χ0v) is 13.6. The summed E-state index contributed by atoms with van der Waals surface area (Å²) in [6, 6.07) is 9.52. The average molecular weight is 314 g/mol. The topological polar surface area (TPSA) is 18.5 Å². The highest BCUT2D eigenvalue weighted by Crippen LogP contribution is 2.41. The van der Waals surface area contributed by atoms with E-state index in [9.17, 15) is 8.78 Å². The molecule has 2 nitrogen and oxygen atoms in total. The fraction of sp³-hybridized carbons (Fsp3) is 0.600. The molecule has 0 aromatic heterocycles. The Bertz CT molecular complexity index is 452. The van der Waals surface area contributed by atoms with E-state index in [1.807, 2.05) is 58.0 Å². The molecular weight excluding hydrogens is 293 g/mol. The van der Waals surface area contributed by atoms with Crippen molar-refractivity contribution in [3.8, 4) is 0 Å². The van der Waals surface area contributed by atoms with Crippen LogP contribution in [0.2, 0.25) is 0 Å². The van der Waals surface area contributed by atoms with Crippen molar-refractivity contribution in [1.29, 1.82) is 0 Å². The summed E-state index contributed by atoms with van der Waals surface area (Å²) >= 11 is 1.39. The van der Waals surface area contributed by atoms with Gasteiger partial charge in [0.05, 0.1) is 16.4 Å². The third-order valence-electron chi connectivity index (χ3n) is 4.02. The molecule has 1 aliphatic rings. The van der Waals surface area contributed by atoms with Crippen LogP contribution in [0.3, 0.4) is 0 Å². The summed E-state index contributed by atoms with van der Waals surface area (Å²) in [5.41, 5.74) is -1.01. The first-order valence-corrected chi connectivity index (χ1v) is 7.95. The van der Waals surface area contributed by atoms with Gasteiger partial charge in [0, 0.05) is 11.3 Å². The molecular formula is C15H21BF2O2S. The van der Waals surface area contributed by atoms with Crippen LogP contribution in [0.1, 0.15) is 34.1 Å². The lowest BCUT2D eigenvalue weighted by Crippen LogP contribution is -2.41. The van der Waals surface area contributed by atoms with E-state index in [1.54, 1.807) is 0 Å². The second-order valence-electron chi connectivity index (χ2n) is 6.22. The number of alkyl halides is 2. The highest BCUT2D eigenvalue weighted by Gasteiger charge is 2.54. The molecule has 0 radical (unpaired) electrons. The maximum absolute atomic E-state index is 12.9. The molecule has 0 bridgehead atoms. The second-order valence-corrected chi connectivity index (χ2v) is 7.53. The number of rotatable bonds is 5. The third-order valence-corrected chi connectivity index (χ3v) is 5.28. The van der Waals surface area contributed by atoms with Gasteiger partial charge < -0.3 is 9.31 Å². The third kappa shape index (κ3) is 3.99. The predicted octanol–water partition coefficient (Wildman–Crippen LogP) is 4.43. The monoisotopic (exact) mass is 314 g/mol. The average Bonchev–Trinajstić information content (AvgIpc) is 2.58. The van der Waals surface area contributed by atoms with Crippen LogP contribution in [0, 0.1) is 0 Å². The molecule has 1 aromatic carbocycles. The van der Waals surface area contributed by atoms with Gasteiger partial charge in [-0.25, -0.2) is 8.78 Å². The quantitative estimate of drug-likeness (QED) is 0.591. The number of thioether (sulfide) groups is 1. The van der Waals surface area contributed by atoms with Crippen molar-refractivity contribution < 1.29 is 18.1 Å². The van der Waals surface area contributed by atoms with Gasteiger partial charge in [0.15, 0.2) is 0 Å². The van der Waals surface area contributed by atoms with E-state index in [2.05, 4.69) is 0 Å². The molecule has 1 unspecified atom stereocenters. The van der Waals surface area contributed by atoms with E-state index in [0.717, 1.165) is 4.90 Å². The molecule has 0 saturated carbocycles. The molecule has 2 rings (SSSR count). The molecule has 6 heteroatoms. The molecule has 21 heavy (non-hydrogen) atoms. The second kappa shape index (κ2) is 6.27. The molecule has 0 N–H and O–H groups in total. The fourth-order valence-electron chi connectivity index (χ4n) is 2.10. The van der Waals surface area contributed by atoms with E-state index >= 15 is 0 Å². The predicted molar refractivity (Wildman–Crippen MR) is 82.8 cm³/mol. The summed E-state index contributed by atoms with van der Waals surface area (Å²) in [5.74, 6) is 0. The van der Waals surface area contributed by atoms with Gasteiger partial charge >= 0.3 is 7.12 Å². The molecule has 1 aromatic rings. The fourth-order valence-corrected chi connectivity index (χ4v) is 3.23. The van der Waals surface area contributed by atoms with Gasteiger partial charge in [0.25, 0.3) is 0 Å². The lowest BCUT2D eigenvalue weighted by molar-refractivity contribution is 0.00578. The first-order valence-electron chi connectivity index (χ1n) is 7.07. The first-order chi connectivity index (χ1) is 9.71. The van der Waals surface area contributed by atoms with E-state index in [-0.39, 0.29) is 6.42 Å². The normalized spacial score (nSPS) is 21.8. The van der Waals surface area contributed by atoms with Gasteiger partial charge in [-0.3, -0.25) is 0 Å². The van der Waals surface area contributed by atoms with Crippen molar-refractivity contribution in [2.24, 2.45) is 0 Å². The standard InChI is InChI=1S/C15H21BF2O2S/c1-14(2)15(3,4)20-16(19-14)12(10-13(17)18)21-11-8-6-5-7-9-11/h5-9,12-13H,10H2,1-4H3. The summed E-state index contributed by atoms with van der Waals surface area (Å²) in [5, 5.41) is -0.437. The van der Waals surface area contributed by atoms with Gasteiger partial charge in [-0.15, -0.1) is 11.8 Å². The lowest BCUT2D eigenvalue weighted by atomic mass is 9.82. The lowest BCUT2D eigenvalue weighted by Gasteiger charge is -2.32. The van der Waals surface area contributed by atoms with Crippen molar-refractivity contribution in [3.63, 3.8) is 0 Å². The van der Waals surface area contributed by atoms with Crippen LogP contribution in [-0.2, 0) is 9.31 Å². The number of halogens is 2. The minimum Gasteiger partial charge on any atom is -0.402 e. The number of hydrogen-bond acceptors (Lipinski definition) is 3. The molecule has 1 aliphatic heterocycles. The Morgan fingerprint density at radius 3 is 2.05 bits per heavy atom. The van der Waals surface area contributed by atoms with Gasteiger partial charge in [0.1, 0.15) is 0 Å². The minimum absolute atomic E-state index is 0.254. The van der Waals surface area contributed by atoms with Crippen LogP contribution in [0.25, 0.3) is 0 Å². The zero-order chi connectivity index (χ0) is 15.7. The highest BCUT2D eigenvalue weighted by molar-refractivity contribution is 8.01. The summed E-state index contributed by atoms with van der Waals surface area (Å²) in [6.45, 7) is 7.72. The van der Waals surface area contributed by atoms with Crippen LogP contribution >= 0.6 is 11.8 Å². The summed E-state index contributed by atoms with van der Waals surface area (Å²) in [6.07, 6.45) is -2.64. The first kappa shape index (κ1) is 16.8. The molecule has 0 amide bonds. The molecule has 1 saturated heterocycles. The molecule has 1 heterocycles. The Kier molecular flexibility index (Phi) is 5.01. The Labute approximate surface area is 129 Å². The summed E-state index contributed by atoms with van der Waals surface area (Å²) in [7, 11) is -0.630. The summed E-state index contributed by atoms with van der Waals surface area (Å²) in [4.78, 5) is 0.942. The Hall–Kier alpha value is -0.585. The SMILES string of the molecule is CC1(C)OB(C(CC(F)F)Sc2ccccc2)OC1(C)C. The van der Waals surface area contributed by atoms with Crippen molar-refractivity contribution >= 4 is 18.9 Å². The van der Waals surface area contributed by atoms with Gasteiger partial charge in [-0.05, 0) is 39.8 Å². The molecule has 0 aliphatic carbocycles. The minimum atomic E-state index is -2.38. The Morgan fingerprint density at radius 2 is 1.57 bits per heavy atom. The van der Waals surface area contributed by atoms with E-state index in [4.69, 9.17) is 9.31 Å². The van der Waals surface area contributed by atoms with Crippen LogP contribution < -0.4 is 0 Å². The summed E-state index contributed by atoms with van der Waals surface area (Å²) < 4.78 is 37.6. The van der Waals surface area contributed by atoms with Crippen molar-refractivity contribution in [3.05, 3.63) is 30.3 Å². The van der Waals surface area contributed by atoms with E-state index in [0.29, 0.717) is 0 Å². The molecule has 0 spiro atoms. The Balaban J connectivity index is 2.14. The van der Waals surface area contributed by atoms with E-state index < -0.39 is 29.9 Å². The molecule has 1 fully saturated rings. The number of benzene rings is 1. The zero-order valence-electron chi connectivity index (χ0n) is 12.8. The van der Waals surface area contributed by atoms with Crippen LogP contribution in [-0.4, -0.2) is 29.9 Å². The Morgan fingerprint density at radius 1 is 1.05 bits per heavy atom.